The summed E-state index contributed by atoms with van der Waals surface area (Å²) in [5.41, 5.74) is 6.97. The molecular formula is C11H16FNO. The number of nitrogens with two attached hydrogens (primary N) is 1. The van der Waals surface area contributed by atoms with Gasteiger partial charge in [-0.05, 0) is 31.0 Å². The van der Waals surface area contributed by atoms with Gasteiger partial charge in [0.2, 0.25) is 0 Å². The van der Waals surface area contributed by atoms with Crippen LogP contribution in [0.5, 0.6) is 0 Å². The van der Waals surface area contributed by atoms with Crippen LogP contribution in [0, 0.1) is 12.7 Å². The zero-order valence-corrected chi connectivity index (χ0v) is 8.59. The van der Waals surface area contributed by atoms with Crippen LogP contribution >= 0.6 is 0 Å². The van der Waals surface area contributed by atoms with Crippen molar-refractivity contribution in [2.24, 2.45) is 5.73 Å². The second-order valence-electron chi connectivity index (χ2n) is 3.19. The molecule has 0 bridgehead atoms. The summed E-state index contributed by atoms with van der Waals surface area (Å²) in [6.45, 7) is 4.58. The Morgan fingerprint density at radius 2 is 2.21 bits per heavy atom. The second kappa shape index (κ2) is 5.08. The minimum atomic E-state index is -0.208. The van der Waals surface area contributed by atoms with Gasteiger partial charge in [-0.1, -0.05) is 12.1 Å². The van der Waals surface area contributed by atoms with E-state index in [0.717, 1.165) is 5.56 Å². The maximum atomic E-state index is 13.2. The van der Waals surface area contributed by atoms with E-state index < -0.39 is 0 Å². The molecule has 0 aliphatic heterocycles. The third-order valence-electron chi connectivity index (χ3n) is 2.15. The Kier molecular flexibility index (Phi) is 4.04. The molecule has 0 heterocycles. The average molecular weight is 197 g/mol. The van der Waals surface area contributed by atoms with E-state index in [2.05, 4.69) is 0 Å². The van der Waals surface area contributed by atoms with E-state index in [1.54, 1.807) is 13.0 Å². The van der Waals surface area contributed by atoms with Crippen molar-refractivity contribution < 1.29 is 9.13 Å². The Bertz CT molecular complexity index is 301. The lowest BCUT2D eigenvalue weighted by Crippen LogP contribution is -2.16. The normalized spacial score (nSPS) is 12.9. The molecule has 0 saturated heterocycles. The highest BCUT2D eigenvalue weighted by molar-refractivity contribution is 5.25. The quantitative estimate of drug-likeness (QED) is 0.802. The molecule has 1 aromatic rings. The lowest BCUT2D eigenvalue weighted by atomic mass is 10.1. The highest BCUT2D eigenvalue weighted by Gasteiger charge is 2.10. The molecule has 2 nitrogen and oxygen atoms in total. The minimum Gasteiger partial charge on any atom is -0.372 e. The van der Waals surface area contributed by atoms with Gasteiger partial charge in [0.25, 0.3) is 0 Å². The number of ether oxygens (including phenoxy) is 1. The van der Waals surface area contributed by atoms with E-state index >= 15 is 0 Å². The first-order valence-electron chi connectivity index (χ1n) is 4.76. The lowest BCUT2D eigenvalue weighted by molar-refractivity contribution is 0.0686. The molecule has 0 spiro atoms. The third-order valence-corrected chi connectivity index (χ3v) is 2.15. The average Bonchev–Trinajstić information content (AvgIpc) is 2.19. The maximum Gasteiger partial charge on any atom is 0.126 e. The summed E-state index contributed by atoms with van der Waals surface area (Å²) < 4.78 is 18.6. The molecule has 0 fully saturated rings. The number of aryl methyl sites for hydroxylation is 1. The molecule has 1 unspecified atom stereocenters. The topological polar surface area (TPSA) is 35.2 Å². The van der Waals surface area contributed by atoms with Gasteiger partial charge in [0.15, 0.2) is 0 Å². The Morgan fingerprint density at radius 3 is 2.71 bits per heavy atom. The van der Waals surface area contributed by atoms with E-state index in [1.807, 2.05) is 13.0 Å². The molecule has 3 heteroatoms. The summed E-state index contributed by atoms with van der Waals surface area (Å²) in [5.74, 6) is -0.208. The second-order valence-corrected chi connectivity index (χ2v) is 3.19. The van der Waals surface area contributed by atoms with Gasteiger partial charge in [-0.3, -0.25) is 0 Å². The van der Waals surface area contributed by atoms with Crippen molar-refractivity contribution in [3.05, 3.63) is 35.1 Å². The van der Waals surface area contributed by atoms with E-state index in [4.69, 9.17) is 10.5 Å². The Morgan fingerprint density at radius 1 is 1.50 bits per heavy atom. The summed E-state index contributed by atoms with van der Waals surface area (Å²) in [7, 11) is 0. The van der Waals surface area contributed by atoms with Crippen molar-refractivity contribution in [2.75, 3.05) is 13.2 Å². The van der Waals surface area contributed by atoms with E-state index in [9.17, 15) is 4.39 Å². The van der Waals surface area contributed by atoms with Crippen molar-refractivity contribution in [3.8, 4) is 0 Å². The number of hydrogen-bond acceptors (Lipinski definition) is 2. The number of halogens is 1. The summed E-state index contributed by atoms with van der Waals surface area (Å²) >= 11 is 0. The summed E-state index contributed by atoms with van der Waals surface area (Å²) in [6.07, 6.45) is -0.199. The largest absolute Gasteiger partial charge is 0.372 e. The minimum absolute atomic E-state index is 0.199. The Hall–Kier alpha value is -0.930. The fourth-order valence-corrected chi connectivity index (χ4v) is 1.31. The fourth-order valence-electron chi connectivity index (χ4n) is 1.31. The molecule has 0 amide bonds. The monoisotopic (exact) mass is 197 g/mol. The first-order chi connectivity index (χ1) is 6.69. The predicted molar refractivity (Wildman–Crippen MR) is 54.6 cm³/mol. The molecule has 78 valence electrons. The van der Waals surface area contributed by atoms with Crippen LogP contribution < -0.4 is 5.73 Å². The van der Waals surface area contributed by atoms with Gasteiger partial charge in [0.1, 0.15) is 5.82 Å². The summed E-state index contributed by atoms with van der Waals surface area (Å²) in [4.78, 5) is 0. The molecule has 14 heavy (non-hydrogen) atoms. The van der Waals surface area contributed by atoms with Gasteiger partial charge in [0, 0.05) is 13.2 Å². The zero-order chi connectivity index (χ0) is 10.6. The number of benzene rings is 1. The van der Waals surface area contributed by atoms with Crippen molar-refractivity contribution >= 4 is 0 Å². The van der Waals surface area contributed by atoms with Crippen LogP contribution in [0.25, 0.3) is 0 Å². The van der Waals surface area contributed by atoms with Crippen LogP contribution in [-0.2, 0) is 4.74 Å². The van der Waals surface area contributed by atoms with Crippen LogP contribution in [0.1, 0.15) is 24.2 Å². The highest BCUT2D eigenvalue weighted by atomic mass is 19.1. The van der Waals surface area contributed by atoms with Gasteiger partial charge in [-0.2, -0.15) is 0 Å². The molecule has 1 atom stereocenters. The van der Waals surface area contributed by atoms with Crippen molar-refractivity contribution in [2.45, 2.75) is 20.0 Å². The molecule has 0 saturated carbocycles. The van der Waals surface area contributed by atoms with Gasteiger partial charge >= 0.3 is 0 Å². The van der Waals surface area contributed by atoms with Crippen LogP contribution in [0.2, 0.25) is 0 Å². The molecule has 0 aromatic heterocycles. The Labute approximate surface area is 83.9 Å². The molecule has 0 aliphatic carbocycles. The summed E-state index contributed by atoms with van der Waals surface area (Å²) in [5, 5.41) is 0. The van der Waals surface area contributed by atoms with E-state index in [0.29, 0.717) is 18.7 Å². The Balaban J connectivity index is 2.88. The zero-order valence-electron chi connectivity index (χ0n) is 8.59. The van der Waals surface area contributed by atoms with Gasteiger partial charge in [-0.25, -0.2) is 4.39 Å². The first kappa shape index (κ1) is 11.1. The fraction of sp³-hybridized carbons (Fsp3) is 0.455. The molecule has 1 rings (SSSR count). The number of hydrogen-bond donors (Lipinski definition) is 1. The molecule has 0 aliphatic rings. The van der Waals surface area contributed by atoms with Crippen molar-refractivity contribution in [1.29, 1.82) is 0 Å². The van der Waals surface area contributed by atoms with Crippen molar-refractivity contribution in [3.63, 3.8) is 0 Å². The standard InChI is InChI=1S/C11H16FNO/c1-3-14-11(7-13)9-5-4-8(2)10(12)6-9/h4-6,11H,3,7,13H2,1-2H3. The number of rotatable bonds is 4. The first-order valence-corrected chi connectivity index (χ1v) is 4.76. The lowest BCUT2D eigenvalue weighted by Gasteiger charge is -2.15. The maximum absolute atomic E-state index is 13.2. The van der Waals surface area contributed by atoms with Gasteiger partial charge < -0.3 is 10.5 Å². The molecule has 0 radical (unpaired) electrons. The smallest absolute Gasteiger partial charge is 0.126 e. The van der Waals surface area contributed by atoms with Crippen LogP contribution in [-0.4, -0.2) is 13.2 Å². The highest BCUT2D eigenvalue weighted by Crippen LogP contribution is 2.18. The van der Waals surface area contributed by atoms with Crippen LogP contribution in [0.4, 0.5) is 4.39 Å². The SMILES string of the molecule is CCOC(CN)c1ccc(C)c(F)c1. The summed E-state index contributed by atoms with van der Waals surface area (Å²) in [6, 6.07) is 5.08. The van der Waals surface area contributed by atoms with Gasteiger partial charge in [0.05, 0.1) is 6.10 Å². The van der Waals surface area contributed by atoms with Crippen molar-refractivity contribution in [1.82, 2.24) is 0 Å². The van der Waals surface area contributed by atoms with Gasteiger partial charge in [-0.15, -0.1) is 0 Å². The van der Waals surface area contributed by atoms with Crippen LogP contribution in [0.15, 0.2) is 18.2 Å². The molecule has 2 N–H and O–H groups in total. The van der Waals surface area contributed by atoms with E-state index in [1.165, 1.54) is 6.07 Å². The van der Waals surface area contributed by atoms with E-state index in [-0.39, 0.29) is 11.9 Å². The molecular weight excluding hydrogens is 181 g/mol. The third kappa shape index (κ3) is 2.53. The van der Waals surface area contributed by atoms with Crippen LogP contribution in [0.3, 0.4) is 0 Å². The predicted octanol–water partition coefficient (Wildman–Crippen LogP) is 2.17. The molecule has 1 aromatic carbocycles.